The third kappa shape index (κ3) is 1.06. The molecule has 74 valence electrons. The van der Waals surface area contributed by atoms with Gasteiger partial charge in [0.05, 0.1) is 16.3 Å². The Kier molecular flexibility index (Phi) is 1.87. The summed E-state index contributed by atoms with van der Waals surface area (Å²) in [5, 5.41) is 0. The average Bonchev–Trinajstić information content (AvgIpc) is 2.52. The van der Waals surface area contributed by atoms with Crippen LogP contribution >= 0.6 is 22.6 Å². The number of alkyl halides is 1. The Labute approximate surface area is 95.3 Å². The lowest BCUT2D eigenvalue weighted by Crippen LogP contribution is -2.44. The van der Waals surface area contributed by atoms with Crippen LogP contribution < -0.4 is 0 Å². The van der Waals surface area contributed by atoms with E-state index in [4.69, 9.17) is 9.47 Å². The molecule has 0 unspecified atom stereocenters. The van der Waals surface area contributed by atoms with Crippen molar-refractivity contribution in [1.29, 1.82) is 0 Å². The fourth-order valence-corrected chi connectivity index (χ4v) is 2.75. The van der Waals surface area contributed by atoms with Gasteiger partial charge in [0.15, 0.2) is 0 Å². The first kappa shape index (κ1) is 8.76. The van der Waals surface area contributed by atoms with Gasteiger partial charge in [-0.1, -0.05) is 34.7 Å². The van der Waals surface area contributed by atoms with Gasteiger partial charge in [-0.2, -0.15) is 0 Å². The van der Waals surface area contributed by atoms with Crippen LogP contribution in [0.15, 0.2) is 24.0 Å². The van der Waals surface area contributed by atoms with E-state index in [-0.39, 0.29) is 30.0 Å². The van der Waals surface area contributed by atoms with E-state index >= 15 is 0 Å². The van der Waals surface area contributed by atoms with Gasteiger partial charge in [-0.3, -0.25) is 4.79 Å². The first-order valence-corrected chi connectivity index (χ1v) is 6.14. The van der Waals surface area contributed by atoms with Crippen molar-refractivity contribution in [1.82, 2.24) is 0 Å². The zero-order valence-electron chi connectivity index (χ0n) is 7.35. The lowest BCUT2D eigenvalue weighted by molar-refractivity contribution is -0.201. The fraction of sp³-hybridized carbons (Fsp3) is 0.500. The Morgan fingerprint density at radius 3 is 2.93 bits per heavy atom. The van der Waals surface area contributed by atoms with Crippen LogP contribution in [0.1, 0.15) is 0 Å². The minimum absolute atomic E-state index is 0.0712. The van der Waals surface area contributed by atoms with Crippen LogP contribution in [0.5, 0.6) is 0 Å². The Bertz CT molecular complexity index is 347. The number of allylic oxidation sites excluding steroid dienone is 2. The number of ether oxygens (including phenoxy) is 2. The van der Waals surface area contributed by atoms with Crippen molar-refractivity contribution in [2.45, 2.75) is 6.29 Å². The van der Waals surface area contributed by atoms with Crippen LogP contribution in [0, 0.1) is 17.8 Å². The van der Waals surface area contributed by atoms with Crippen LogP contribution in [0.25, 0.3) is 0 Å². The van der Waals surface area contributed by atoms with Crippen LogP contribution in [0.2, 0.25) is 0 Å². The van der Waals surface area contributed by atoms with E-state index in [1.54, 1.807) is 0 Å². The second kappa shape index (κ2) is 2.98. The molecular formula is C10H9IO3. The summed E-state index contributed by atoms with van der Waals surface area (Å²) < 4.78 is 11.6. The molecule has 0 amide bonds. The van der Waals surface area contributed by atoms with Gasteiger partial charge in [-0.25, -0.2) is 0 Å². The monoisotopic (exact) mass is 304 g/mol. The molecule has 0 spiro atoms. The third-order valence-corrected chi connectivity index (χ3v) is 3.75. The SMILES string of the molecule is O=C1O[C@@H]2OC(CI)=C[C@H]3[C@@H]2C=C[C@@H]13. The van der Waals surface area contributed by atoms with E-state index < -0.39 is 0 Å². The Hall–Kier alpha value is -0.520. The zero-order valence-corrected chi connectivity index (χ0v) is 9.51. The molecule has 2 heterocycles. The molecule has 4 heteroatoms. The molecule has 1 fully saturated rings. The largest absolute Gasteiger partial charge is 0.458 e. The van der Waals surface area contributed by atoms with Crippen molar-refractivity contribution < 1.29 is 14.3 Å². The van der Waals surface area contributed by atoms with E-state index in [2.05, 4.69) is 28.7 Å². The highest BCUT2D eigenvalue weighted by atomic mass is 127. The second-order valence-corrected chi connectivity index (χ2v) is 4.52. The molecule has 0 aromatic carbocycles. The summed E-state index contributed by atoms with van der Waals surface area (Å²) in [6.07, 6.45) is 5.70. The number of esters is 1. The maximum absolute atomic E-state index is 11.5. The van der Waals surface area contributed by atoms with Gasteiger partial charge in [0.25, 0.3) is 6.29 Å². The number of carbonyl (C=O) groups excluding carboxylic acids is 1. The minimum atomic E-state index is -0.378. The summed E-state index contributed by atoms with van der Waals surface area (Å²) in [6.45, 7) is 0. The standard InChI is InChI=1S/C10H9IO3/c11-4-5-3-8-6-1-2-7(8)10(13-5)14-9(6)12/h1-3,6-8,10H,4H2/t6-,7+,8-,10+/m1/s1. The molecule has 0 aromatic rings. The van der Waals surface area contributed by atoms with Gasteiger partial charge in [0.2, 0.25) is 0 Å². The predicted octanol–water partition coefficient (Wildman–Crippen LogP) is 1.64. The third-order valence-electron chi connectivity index (χ3n) is 3.00. The molecule has 3 nitrogen and oxygen atoms in total. The molecule has 14 heavy (non-hydrogen) atoms. The number of halogens is 1. The number of hydrogen-bond acceptors (Lipinski definition) is 3. The molecule has 1 saturated heterocycles. The highest BCUT2D eigenvalue weighted by Crippen LogP contribution is 2.45. The van der Waals surface area contributed by atoms with E-state index in [1.165, 1.54) is 0 Å². The van der Waals surface area contributed by atoms with Crippen LogP contribution in [0.3, 0.4) is 0 Å². The molecule has 0 aromatic heterocycles. The van der Waals surface area contributed by atoms with Crippen molar-refractivity contribution in [3.63, 3.8) is 0 Å². The van der Waals surface area contributed by atoms with Gasteiger partial charge >= 0.3 is 5.97 Å². The lowest BCUT2D eigenvalue weighted by Gasteiger charge is -2.38. The van der Waals surface area contributed by atoms with Crippen LogP contribution in [0.4, 0.5) is 0 Å². The fourth-order valence-electron chi connectivity index (χ4n) is 2.32. The quantitative estimate of drug-likeness (QED) is 0.320. The molecule has 4 bridgehead atoms. The highest BCUT2D eigenvalue weighted by Gasteiger charge is 2.50. The topological polar surface area (TPSA) is 35.5 Å². The van der Waals surface area contributed by atoms with Crippen molar-refractivity contribution in [3.05, 3.63) is 24.0 Å². The average molecular weight is 304 g/mol. The van der Waals surface area contributed by atoms with Crippen molar-refractivity contribution in [3.8, 4) is 0 Å². The molecule has 0 saturated carbocycles. The summed E-state index contributed by atoms with van der Waals surface area (Å²) in [6, 6.07) is 0. The Morgan fingerprint density at radius 2 is 2.14 bits per heavy atom. The normalized spacial score (nSPS) is 42.9. The smallest absolute Gasteiger partial charge is 0.316 e. The summed E-state index contributed by atoms with van der Waals surface area (Å²) in [5.41, 5.74) is 0. The Morgan fingerprint density at radius 1 is 1.29 bits per heavy atom. The number of carbonyl (C=O) groups is 1. The van der Waals surface area contributed by atoms with Gasteiger partial charge in [-0.15, -0.1) is 0 Å². The molecule has 1 aliphatic carbocycles. The predicted molar refractivity (Wildman–Crippen MR) is 57.5 cm³/mol. The highest BCUT2D eigenvalue weighted by molar-refractivity contribution is 14.1. The molecule has 0 radical (unpaired) electrons. The van der Waals surface area contributed by atoms with Crippen LogP contribution in [-0.2, 0) is 14.3 Å². The van der Waals surface area contributed by atoms with Crippen molar-refractivity contribution in [2.75, 3.05) is 4.43 Å². The van der Waals surface area contributed by atoms with E-state index in [1.807, 2.05) is 12.2 Å². The maximum atomic E-state index is 11.5. The van der Waals surface area contributed by atoms with Gasteiger partial charge in [0, 0.05) is 5.92 Å². The maximum Gasteiger partial charge on any atom is 0.316 e. The molecule has 3 aliphatic rings. The summed E-state index contributed by atoms with van der Waals surface area (Å²) in [7, 11) is 0. The molecular weight excluding hydrogens is 295 g/mol. The number of hydrogen-bond donors (Lipinski definition) is 0. The molecule has 4 atom stereocenters. The van der Waals surface area contributed by atoms with E-state index in [0.717, 1.165) is 10.2 Å². The van der Waals surface area contributed by atoms with Gasteiger partial charge < -0.3 is 9.47 Å². The van der Waals surface area contributed by atoms with Gasteiger partial charge in [0.1, 0.15) is 5.76 Å². The lowest BCUT2D eigenvalue weighted by atomic mass is 9.83. The molecule has 2 aliphatic heterocycles. The zero-order chi connectivity index (χ0) is 9.71. The molecule has 3 rings (SSSR count). The Balaban J connectivity index is 2.01. The number of rotatable bonds is 1. The molecule has 0 N–H and O–H groups in total. The van der Waals surface area contributed by atoms with Crippen molar-refractivity contribution >= 4 is 28.6 Å². The van der Waals surface area contributed by atoms with Crippen LogP contribution in [-0.4, -0.2) is 16.7 Å². The minimum Gasteiger partial charge on any atom is -0.458 e. The first-order chi connectivity index (χ1) is 6.79. The van der Waals surface area contributed by atoms with E-state index in [9.17, 15) is 4.79 Å². The summed E-state index contributed by atoms with van der Waals surface area (Å²) in [4.78, 5) is 11.5. The summed E-state index contributed by atoms with van der Waals surface area (Å²) in [5.74, 6) is 1.24. The first-order valence-electron chi connectivity index (χ1n) is 4.62. The van der Waals surface area contributed by atoms with Gasteiger partial charge in [-0.05, 0) is 6.08 Å². The second-order valence-electron chi connectivity index (χ2n) is 3.76. The summed E-state index contributed by atoms with van der Waals surface area (Å²) >= 11 is 2.25. The van der Waals surface area contributed by atoms with E-state index in [0.29, 0.717) is 0 Å². The van der Waals surface area contributed by atoms with Crippen molar-refractivity contribution in [2.24, 2.45) is 17.8 Å².